The summed E-state index contributed by atoms with van der Waals surface area (Å²) in [6.07, 6.45) is 1.31. The molecule has 0 atom stereocenters. The second-order valence-corrected chi connectivity index (χ2v) is 9.81. The van der Waals surface area contributed by atoms with Crippen molar-refractivity contribution in [1.82, 2.24) is 9.62 Å². The largest absolute Gasteiger partial charge is 0.460 e. The molecule has 0 aliphatic heterocycles. The molecule has 182 valence electrons. The summed E-state index contributed by atoms with van der Waals surface area (Å²) < 4.78 is 38.8. The molecule has 1 amide bonds. The Balaban J connectivity index is 1.85. The van der Waals surface area contributed by atoms with Crippen LogP contribution in [0.5, 0.6) is 0 Å². The summed E-state index contributed by atoms with van der Waals surface area (Å²) >= 11 is 5.93. The molecule has 0 saturated heterocycles. The number of hydrogen-bond acceptors (Lipinski definition) is 6. The number of carbonyl (C=O) groups is 1. The van der Waals surface area contributed by atoms with Gasteiger partial charge < -0.3 is 14.5 Å². The molecule has 1 aromatic heterocycles. The van der Waals surface area contributed by atoms with E-state index in [4.69, 9.17) is 20.8 Å². The fourth-order valence-electron chi connectivity index (χ4n) is 3.15. The summed E-state index contributed by atoms with van der Waals surface area (Å²) in [7, 11) is -2.38. The smallest absolute Gasteiger partial charge is 0.262 e. The van der Waals surface area contributed by atoms with Gasteiger partial charge in [0.25, 0.3) is 5.91 Å². The highest BCUT2D eigenvalue weighted by atomic mass is 35.5. The molecule has 3 aromatic rings. The average molecular weight is 514 g/mol. The van der Waals surface area contributed by atoms with Gasteiger partial charge in [-0.25, -0.2) is 8.42 Å². The minimum atomic E-state index is -3.89. The fourth-order valence-corrected chi connectivity index (χ4v) is 4.67. The van der Waals surface area contributed by atoms with Crippen molar-refractivity contribution >= 4 is 33.6 Å². The van der Waals surface area contributed by atoms with Crippen LogP contribution in [0.2, 0.25) is 5.02 Å². The van der Waals surface area contributed by atoms with Crippen LogP contribution in [0.15, 0.2) is 81.6 Å². The summed E-state index contributed by atoms with van der Waals surface area (Å²) in [6.45, 7) is 0.627. The van der Waals surface area contributed by atoms with Gasteiger partial charge in [-0.15, -0.1) is 0 Å². The molecule has 0 fully saturated rings. The van der Waals surface area contributed by atoms with Crippen LogP contribution in [0, 0.1) is 11.3 Å². The van der Waals surface area contributed by atoms with Gasteiger partial charge in [0, 0.05) is 31.3 Å². The molecule has 0 aliphatic rings. The molecule has 0 bridgehead atoms. The molecule has 10 heteroatoms. The van der Waals surface area contributed by atoms with Crippen molar-refractivity contribution in [2.75, 3.05) is 20.3 Å². The maximum atomic E-state index is 13.4. The molecule has 8 nitrogen and oxygen atoms in total. The second-order valence-electron chi connectivity index (χ2n) is 7.44. The predicted octanol–water partition coefficient (Wildman–Crippen LogP) is 3.99. The number of rotatable bonds is 11. The topological polar surface area (TPSA) is 113 Å². The van der Waals surface area contributed by atoms with Crippen molar-refractivity contribution in [2.24, 2.45) is 0 Å². The molecule has 1 heterocycles. The number of ether oxygens (including phenoxy) is 1. The first-order valence-corrected chi connectivity index (χ1v) is 12.4. The number of hydrogen-bond donors (Lipinski definition) is 1. The van der Waals surface area contributed by atoms with Gasteiger partial charge in [-0.05, 0) is 42.0 Å². The van der Waals surface area contributed by atoms with Gasteiger partial charge >= 0.3 is 0 Å². The lowest BCUT2D eigenvalue weighted by Gasteiger charge is -2.21. The SMILES string of the molecule is COCCNC(=O)/C(C#N)=C\c1ccc(CN(Cc2ccccc2)S(=O)(=O)c2ccc(Cl)cc2)o1. The molecular weight excluding hydrogens is 490 g/mol. The van der Waals surface area contributed by atoms with Crippen LogP contribution in [0.3, 0.4) is 0 Å². The van der Waals surface area contributed by atoms with E-state index in [1.807, 2.05) is 36.4 Å². The summed E-state index contributed by atoms with van der Waals surface area (Å²) in [6, 6.07) is 20.2. The Morgan fingerprint density at radius 3 is 2.49 bits per heavy atom. The lowest BCUT2D eigenvalue weighted by atomic mass is 10.2. The van der Waals surface area contributed by atoms with E-state index in [1.54, 1.807) is 12.1 Å². The number of carbonyl (C=O) groups excluding carboxylic acids is 1. The lowest BCUT2D eigenvalue weighted by molar-refractivity contribution is -0.117. The molecule has 0 radical (unpaired) electrons. The van der Waals surface area contributed by atoms with Gasteiger partial charge in [-0.1, -0.05) is 41.9 Å². The molecular formula is C25H24ClN3O5S. The van der Waals surface area contributed by atoms with E-state index in [0.717, 1.165) is 5.56 Å². The normalized spacial score (nSPS) is 11.9. The number of nitrogens with zero attached hydrogens (tertiary/aromatic N) is 2. The van der Waals surface area contributed by atoms with Crippen LogP contribution in [0.1, 0.15) is 17.1 Å². The molecule has 35 heavy (non-hydrogen) atoms. The van der Waals surface area contributed by atoms with Gasteiger partial charge in [-0.3, -0.25) is 4.79 Å². The van der Waals surface area contributed by atoms with Crippen LogP contribution in [0.25, 0.3) is 6.08 Å². The highest BCUT2D eigenvalue weighted by molar-refractivity contribution is 7.89. The zero-order valence-electron chi connectivity index (χ0n) is 19.0. The van der Waals surface area contributed by atoms with E-state index in [2.05, 4.69) is 5.32 Å². The Morgan fingerprint density at radius 1 is 1.11 bits per heavy atom. The Hall–Kier alpha value is -3.42. The maximum absolute atomic E-state index is 13.4. The highest BCUT2D eigenvalue weighted by Gasteiger charge is 2.26. The molecule has 0 aliphatic carbocycles. The van der Waals surface area contributed by atoms with Gasteiger partial charge in [0.05, 0.1) is 18.0 Å². The number of furan rings is 1. The Labute approximate surface area is 209 Å². The van der Waals surface area contributed by atoms with E-state index in [-0.39, 0.29) is 35.9 Å². The average Bonchev–Trinajstić information content (AvgIpc) is 3.30. The van der Waals surface area contributed by atoms with Gasteiger partial charge in [0.2, 0.25) is 10.0 Å². The first-order chi connectivity index (χ1) is 16.8. The summed E-state index contributed by atoms with van der Waals surface area (Å²) in [5.41, 5.74) is 0.660. The summed E-state index contributed by atoms with van der Waals surface area (Å²) in [5.74, 6) is 0.0438. The van der Waals surface area contributed by atoms with Crippen molar-refractivity contribution < 1.29 is 22.4 Å². The van der Waals surface area contributed by atoms with E-state index in [1.165, 1.54) is 41.8 Å². The zero-order chi connectivity index (χ0) is 25.3. The number of amides is 1. The fraction of sp³-hybridized carbons (Fsp3) is 0.200. The molecule has 0 saturated carbocycles. The number of halogens is 1. The zero-order valence-corrected chi connectivity index (χ0v) is 20.6. The van der Waals surface area contributed by atoms with Crippen molar-refractivity contribution in [1.29, 1.82) is 5.26 Å². The third-order valence-corrected chi connectivity index (χ3v) is 6.97. The monoisotopic (exact) mass is 513 g/mol. The molecule has 0 unspecified atom stereocenters. The van der Waals surface area contributed by atoms with Crippen molar-refractivity contribution in [2.45, 2.75) is 18.0 Å². The summed E-state index contributed by atoms with van der Waals surface area (Å²) in [4.78, 5) is 12.3. The van der Waals surface area contributed by atoms with Crippen LogP contribution in [0.4, 0.5) is 0 Å². The first-order valence-electron chi connectivity index (χ1n) is 10.6. The van der Waals surface area contributed by atoms with Crippen LogP contribution >= 0.6 is 11.6 Å². The minimum absolute atomic E-state index is 0.0599. The van der Waals surface area contributed by atoms with Gasteiger partial charge in [-0.2, -0.15) is 9.57 Å². The predicted molar refractivity (Wildman–Crippen MR) is 132 cm³/mol. The van der Waals surface area contributed by atoms with E-state index in [0.29, 0.717) is 17.4 Å². The summed E-state index contributed by atoms with van der Waals surface area (Å²) in [5, 5.41) is 12.3. The quantitative estimate of drug-likeness (QED) is 0.235. The molecule has 3 rings (SSSR count). The van der Waals surface area contributed by atoms with Crippen molar-refractivity contribution in [3.05, 3.63) is 94.4 Å². The van der Waals surface area contributed by atoms with E-state index >= 15 is 0 Å². The Morgan fingerprint density at radius 2 is 1.83 bits per heavy atom. The second kappa shape index (κ2) is 12.3. The lowest BCUT2D eigenvalue weighted by Crippen LogP contribution is -2.30. The third-order valence-electron chi connectivity index (χ3n) is 4.91. The first kappa shape index (κ1) is 26.2. The molecule has 1 N–H and O–H groups in total. The highest BCUT2D eigenvalue weighted by Crippen LogP contribution is 2.24. The molecule has 0 spiro atoms. The Bertz CT molecular complexity index is 1310. The number of benzene rings is 2. The molecule has 2 aromatic carbocycles. The van der Waals surface area contributed by atoms with E-state index < -0.39 is 15.9 Å². The number of nitrogens with one attached hydrogen (secondary N) is 1. The Kier molecular flexibility index (Phi) is 9.23. The maximum Gasteiger partial charge on any atom is 0.262 e. The van der Waals surface area contributed by atoms with Gasteiger partial charge in [0.15, 0.2) is 0 Å². The van der Waals surface area contributed by atoms with Crippen molar-refractivity contribution in [3.8, 4) is 6.07 Å². The van der Waals surface area contributed by atoms with Gasteiger partial charge in [0.1, 0.15) is 23.2 Å². The van der Waals surface area contributed by atoms with Crippen LogP contribution in [-0.4, -0.2) is 38.9 Å². The minimum Gasteiger partial charge on any atom is -0.460 e. The third kappa shape index (κ3) is 7.28. The number of methoxy groups -OCH3 is 1. The van der Waals surface area contributed by atoms with Crippen LogP contribution < -0.4 is 5.32 Å². The van der Waals surface area contributed by atoms with E-state index in [9.17, 15) is 18.5 Å². The number of sulfonamides is 1. The number of nitriles is 1. The van der Waals surface area contributed by atoms with Crippen LogP contribution in [-0.2, 0) is 32.6 Å². The standard InChI is InChI=1S/C25H24ClN3O5S/c1-33-14-13-28-25(30)20(16-27)15-22-9-10-23(34-22)18-29(17-19-5-3-2-4-6-19)35(31,32)24-11-7-21(26)8-12-24/h2-12,15H,13-14,17-18H2,1H3,(H,28,30)/b20-15-. The van der Waals surface area contributed by atoms with Crippen molar-refractivity contribution in [3.63, 3.8) is 0 Å².